The third-order valence-corrected chi connectivity index (χ3v) is 2.67. The molecule has 2 aromatic heterocycles. The Bertz CT molecular complexity index is 495. The number of rotatable bonds is 4. The second-order valence-electron chi connectivity index (χ2n) is 4.02. The van der Waals surface area contributed by atoms with Gasteiger partial charge < -0.3 is 10.3 Å². The van der Waals surface area contributed by atoms with Crippen molar-refractivity contribution in [1.82, 2.24) is 15.1 Å². The van der Waals surface area contributed by atoms with Gasteiger partial charge in [-0.05, 0) is 25.5 Å². The molecule has 1 unspecified atom stereocenters. The van der Waals surface area contributed by atoms with E-state index in [0.29, 0.717) is 18.1 Å². The Labute approximate surface area is 100 Å². The fraction of sp³-hybridized carbons (Fsp3) is 0.417. The summed E-state index contributed by atoms with van der Waals surface area (Å²) in [6.07, 6.45) is 3.28. The maximum atomic E-state index is 5.85. The van der Waals surface area contributed by atoms with Crippen LogP contribution in [0.1, 0.15) is 24.9 Å². The topological polar surface area (TPSA) is 77.8 Å². The first-order valence-corrected chi connectivity index (χ1v) is 5.71. The standard InChI is InChI=1S/C12H16N4O/c1-3-9(13)7-11-15-12(17-16-11)10-5-4-6-14-8(10)2/h4-6,9H,3,7,13H2,1-2H3. The van der Waals surface area contributed by atoms with Crippen LogP contribution in [0.25, 0.3) is 11.5 Å². The van der Waals surface area contributed by atoms with E-state index in [1.807, 2.05) is 26.0 Å². The average molecular weight is 232 g/mol. The molecule has 0 bridgehead atoms. The second kappa shape index (κ2) is 5.05. The van der Waals surface area contributed by atoms with Gasteiger partial charge in [-0.25, -0.2) is 0 Å². The minimum Gasteiger partial charge on any atom is -0.334 e. The molecular weight excluding hydrogens is 216 g/mol. The molecule has 0 aliphatic heterocycles. The first-order chi connectivity index (χ1) is 8.20. The zero-order chi connectivity index (χ0) is 12.3. The van der Waals surface area contributed by atoms with Gasteiger partial charge in [0, 0.05) is 24.4 Å². The predicted molar refractivity (Wildman–Crippen MR) is 64.2 cm³/mol. The summed E-state index contributed by atoms with van der Waals surface area (Å²) < 4.78 is 5.22. The molecule has 0 radical (unpaired) electrons. The van der Waals surface area contributed by atoms with E-state index in [2.05, 4.69) is 15.1 Å². The van der Waals surface area contributed by atoms with Gasteiger partial charge in [-0.1, -0.05) is 12.1 Å². The summed E-state index contributed by atoms with van der Waals surface area (Å²) in [7, 11) is 0. The summed E-state index contributed by atoms with van der Waals surface area (Å²) in [4.78, 5) is 8.52. The van der Waals surface area contributed by atoms with E-state index in [1.54, 1.807) is 6.20 Å². The summed E-state index contributed by atoms with van der Waals surface area (Å²) in [6.45, 7) is 3.95. The van der Waals surface area contributed by atoms with E-state index in [-0.39, 0.29) is 6.04 Å². The molecule has 2 aromatic rings. The highest BCUT2D eigenvalue weighted by molar-refractivity contribution is 5.55. The first-order valence-electron chi connectivity index (χ1n) is 5.71. The number of pyridine rings is 1. The lowest BCUT2D eigenvalue weighted by Crippen LogP contribution is -2.21. The molecule has 5 nitrogen and oxygen atoms in total. The number of nitrogens with zero attached hydrogens (tertiary/aromatic N) is 3. The van der Waals surface area contributed by atoms with Crippen molar-refractivity contribution in [3.8, 4) is 11.5 Å². The lowest BCUT2D eigenvalue weighted by Gasteiger charge is -2.02. The second-order valence-corrected chi connectivity index (χ2v) is 4.02. The molecule has 0 saturated carbocycles. The van der Waals surface area contributed by atoms with E-state index in [4.69, 9.17) is 10.3 Å². The summed E-state index contributed by atoms with van der Waals surface area (Å²) >= 11 is 0. The summed E-state index contributed by atoms with van der Waals surface area (Å²) in [5.74, 6) is 1.16. The number of hydrogen-bond donors (Lipinski definition) is 1. The highest BCUT2D eigenvalue weighted by Crippen LogP contribution is 2.19. The quantitative estimate of drug-likeness (QED) is 0.868. The SMILES string of the molecule is CCC(N)Cc1noc(-c2cccnc2C)n1. The van der Waals surface area contributed by atoms with Crippen LogP contribution in [0, 0.1) is 6.92 Å². The first kappa shape index (κ1) is 11.7. The molecule has 90 valence electrons. The van der Waals surface area contributed by atoms with Gasteiger partial charge in [0.15, 0.2) is 5.82 Å². The molecule has 0 fully saturated rings. The van der Waals surface area contributed by atoms with Crippen LogP contribution in [0.15, 0.2) is 22.9 Å². The van der Waals surface area contributed by atoms with Gasteiger partial charge in [0.2, 0.25) is 0 Å². The Balaban J connectivity index is 2.21. The Kier molecular flexibility index (Phi) is 3.49. The van der Waals surface area contributed by atoms with Crippen LogP contribution in [0.2, 0.25) is 0 Å². The zero-order valence-electron chi connectivity index (χ0n) is 10.1. The number of hydrogen-bond acceptors (Lipinski definition) is 5. The molecule has 2 rings (SSSR count). The number of aryl methyl sites for hydroxylation is 1. The molecule has 0 spiro atoms. The molecule has 0 amide bonds. The van der Waals surface area contributed by atoms with Gasteiger partial charge >= 0.3 is 0 Å². The van der Waals surface area contributed by atoms with Crippen LogP contribution in [-0.4, -0.2) is 21.2 Å². The molecule has 0 saturated heterocycles. The minimum atomic E-state index is 0.0791. The van der Waals surface area contributed by atoms with E-state index in [9.17, 15) is 0 Å². The Morgan fingerprint density at radius 1 is 1.47 bits per heavy atom. The van der Waals surface area contributed by atoms with Gasteiger partial charge in [-0.15, -0.1) is 0 Å². The van der Waals surface area contributed by atoms with E-state index in [1.165, 1.54) is 0 Å². The third-order valence-electron chi connectivity index (χ3n) is 2.67. The normalized spacial score (nSPS) is 12.6. The predicted octanol–water partition coefficient (Wildman–Crippen LogP) is 1.72. The van der Waals surface area contributed by atoms with Crippen LogP contribution in [0.3, 0.4) is 0 Å². The molecule has 0 aliphatic carbocycles. The van der Waals surface area contributed by atoms with Gasteiger partial charge in [-0.3, -0.25) is 4.98 Å². The van der Waals surface area contributed by atoms with Crippen molar-refractivity contribution in [3.63, 3.8) is 0 Å². The van der Waals surface area contributed by atoms with Crippen LogP contribution in [-0.2, 0) is 6.42 Å². The molecule has 0 aliphatic rings. The lowest BCUT2D eigenvalue weighted by atomic mass is 10.1. The summed E-state index contributed by atoms with van der Waals surface area (Å²) in [5, 5.41) is 3.93. The smallest absolute Gasteiger partial charge is 0.259 e. The van der Waals surface area contributed by atoms with Crippen molar-refractivity contribution < 1.29 is 4.52 Å². The van der Waals surface area contributed by atoms with Gasteiger partial charge in [0.25, 0.3) is 5.89 Å². The van der Waals surface area contributed by atoms with E-state index >= 15 is 0 Å². The van der Waals surface area contributed by atoms with Crippen molar-refractivity contribution in [2.24, 2.45) is 5.73 Å². The maximum Gasteiger partial charge on any atom is 0.259 e. The average Bonchev–Trinajstić information content (AvgIpc) is 2.78. The zero-order valence-corrected chi connectivity index (χ0v) is 10.1. The van der Waals surface area contributed by atoms with E-state index in [0.717, 1.165) is 17.7 Å². The molecule has 17 heavy (non-hydrogen) atoms. The van der Waals surface area contributed by atoms with Crippen molar-refractivity contribution >= 4 is 0 Å². The Morgan fingerprint density at radius 2 is 2.29 bits per heavy atom. The van der Waals surface area contributed by atoms with Gasteiger partial charge in [-0.2, -0.15) is 4.98 Å². The minimum absolute atomic E-state index is 0.0791. The molecule has 2 heterocycles. The number of aromatic nitrogens is 3. The van der Waals surface area contributed by atoms with Crippen molar-refractivity contribution in [2.75, 3.05) is 0 Å². The van der Waals surface area contributed by atoms with Gasteiger partial charge in [0.1, 0.15) is 0 Å². The Morgan fingerprint density at radius 3 is 3.00 bits per heavy atom. The van der Waals surface area contributed by atoms with Crippen LogP contribution >= 0.6 is 0 Å². The fourth-order valence-corrected chi connectivity index (χ4v) is 1.54. The lowest BCUT2D eigenvalue weighted by molar-refractivity contribution is 0.418. The van der Waals surface area contributed by atoms with Crippen molar-refractivity contribution in [2.45, 2.75) is 32.7 Å². The highest BCUT2D eigenvalue weighted by Gasteiger charge is 2.13. The highest BCUT2D eigenvalue weighted by atomic mass is 16.5. The molecule has 2 N–H and O–H groups in total. The van der Waals surface area contributed by atoms with Crippen LogP contribution < -0.4 is 5.73 Å². The largest absolute Gasteiger partial charge is 0.334 e. The van der Waals surface area contributed by atoms with Crippen molar-refractivity contribution in [3.05, 3.63) is 29.8 Å². The van der Waals surface area contributed by atoms with Crippen molar-refractivity contribution in [1.29, 1.82) is 0 Å². The molecular formula is C12H16N4O. The summed E-state index contributed by atoms with van der Waals surface area (Å²) in [5.41, 5.74) is 7.60. The van der Waals surface area contributed by atoms with Gasteiger partial charge in [0.05, 0.1) is 5.56 Å². The maximum absolute atomic E-state index is 5.85. The van der Waals surface area contributed by atoms with Crippen LogP contribution in [0.4, 0.5) is 0 Å². The number of nitrogens with two attached hydrogens (primary N) is 1. The third kappa shape index (κ3) is 2.68. The molecule has 1 atom stereocenters. The van der Waals surface area contributed by atoms with Crippen LogP contribution in [0.5, 0.6) is 0 Å². The molecule has 5 heteroatoms. The molecule has 0 aromatic carbocycles. The van der Waals surface area contributed by atoms with E-state index < -0.39 is 0 Å². The Hall–Kier alpha value is -1.75. The monoisotopic (exact) mass is 232 g/mol. The summed E-state index contributed by atoms with van der Waals surface area (Å²) in [6, 6.07) is 3.85. The fourth-order valence-electron chi connectivity index (χ4n) is 1.54.